The minimum atomic E-state index is -0.824. The number of hydrogen-bond acceptors (Lipinski definition) is 6. The predicted molar refractivity (Wildman–Crippen MR) is 143 cm³/mol. The van der Waals surface area contributed by atoms with Crippen molar-refractivity contribution >= 4 is 5.97 Å². The monoisotopic (exact) mass is 518 g/mol. The number of aliphatic hydroxyl groups excluding tert-OH is 1. The number of fused-ring (bicyclic) bond motifs is 1. The number of carbonyl (C=O) groups is 1. The van der Waals surface area contributed by atoms with Gasteiger partial charge in [-0.05, 0) is 78.8 Å². The number of carboxylic acids is 1. The van der Waals surface area contributed by atoms with Crippen molar-refractivity contribution in [2.24, 2.45) is 0 Å². The smallest absolute Gasteiger partial charge is 0.304 e. The zero-order valence-electron chi connectivity index (χ0n) is 21.8. The maximum absolute atomic E-state index is 11.1. The van der Waals surface area contributed by atoms with Crippen LogP contribution >= 0.6 is 0 Å². The summed E-state index contributed by atoms with van der Waals surface area (Å²) in [6, 6.07) is 18.1. The zero-order chi connectivity index (χ0) is 26.6. The van der Waals surface area contributed by atoms with Crippen molar-refractivity contribution in [2.75, 3.05) is 19.8 Å². The van der Waals surface area contributed by atoms with Crippen molar-refractivity contribution in [3.8, 4) is 28.4 Å². The van der Waals surface area contributed by atoms with Crippen LogP contribution in [-0.2, 0) is 16.1 Å². The SMILES string of the molecule is Cc1cc(OCC2CCC(O)CO2)cc(C)c1-c1cccc(COc2ccc3c(c2)OCC3CC(=O)O)c1. The lowest BCUT2D eigenvalue weighted by atomic mass is 9.94. The van der Waals surface area contributed by atoms with E-state index in [0.717, 1.165) is 46.4 Å². The number of carboxylic acid groups (broad SMARTS) is 1. The minimum Gasteiger partial charge on any atom is -0.492 e. The van der Waals surface area contributed by atoms with Crippen LogP contribution in [0.3, 0.4) is 0 Å². The van der Waals surface area contributed by atoms with Crippen LogP contribution in [0, 0.1) is 13.8 Å². The van der Waals surface area contributed by atoms with Crippen molar-refractivity contribution in [3.63, 3.8) is 0 Å². The third-order valence-corrected chi connectivity index (χ3v) is 7.20. The number of aliphatic hydroxyl groups is 1. The van der Waals surface area contributed by atoms with Gasteiger partial charge < -0.3 is 29.2 Å². The predicted octanol–water partition coefficient (Wildman–Crippen LogP) is 5.42. The molecule has 3 aromatic rings. The van der Waals surface area contributed by atoms with Crippen molar-refractivity contribution in [3.05, 3.63) is 76.9 Å². The molecule has 0 radical (unpaired) electrons. The summed E-state index contributed by atoms with van der Waals surface area (Å²) in [6.45, 7) is 5.82. The Morgan fingerprint density at radius 3 is 2.53 bits per heavy atom. The van der Waals surface area contributed by atoms with Gasteiger partial charge in [-0.25, -0.2) is 0 Å². The molecule has 3 aromatic carbocycles. The summed E-state index contributed by atoms with van der Waals surface area (Å²) < 4.78 is 23.5. The fourth-order valence-corrected chi connectivity index (χ4v) is 5.29. The highest BCUT2D eigenvalue weighted by molar-refractivity contribution is 5.72. The number of hydrogen-bond donors (Lipinski definition) is 2. The topological polar surface area (TPSA) is 94.5 Å². The van der Waals surface area contributed by atoms with Gasteiger partial charge in [0.2, 0.25) is 0 Å². The lowest BCUT2D eigenvalue weighted by Gasteiger charge is -2.26. The van der Waals surface area contributed by atoms with Gasteiger partial charge in [0, 0.05) is 17.5 Å². The molecule has 2 N–H and O–H groups in total. The molecule has 0 saturated carbocycles. The first-order chi connectivity index (χ1) is 18.4. The molecule has 0 amide bonds. The van der Waals surface area contributed by atoms with E-state index < -0.39 is 5.97 Å². The van der Waals surface area contributed by atoms with Gasteiger partial charge >= 0.3 is 5.97 Å². The molecule has 3 atom stereocenters. The zero-order valence-corrected chi connectivity index (χ0v) is 21.8. The van der Waals surface area contributed by atoms with Crippen molar-refractivity contribution < 1.29 is 34.0 Å². The Morgan fingerprint density at radius 1 is 0.974 bits per heavy atom. The summed E-state index contributed by atoms with van der Waals surface area (Å²) >= 11 is 0. The van der Waals surface area contributed by atoms with Crippen LogP contribution in [0.15, 0.2) is 54.6 Å². The summed E-state index contributed by atoms with van der Waals surface area (Å²) in [5.41, 5.74) is 6.51. The Bertz CT molecular complexity index is 1270. The quantitative estimate of drug-likeness (QED) is 0.391. The molecule has 200 valence electrons. The molecular formula is C31H34O7. The second kappa shape index (κ2) is 11.5. The first-order valence-electron chi connectivity index (χ1n) is 13.1. The molecule has 0 bridgehead atoms. The fourth-order valence-electron chi connectivity index (χ4n) is 5.29. The number of ether oxygens (including phenoxy) is 4. The molecule has 2 heterocycles. The summed E-state index contributed by atoms with van der Waals surface area (Å²) in [6.07, 6.45) is 1.26. The number of benzene rings is 3. The van der Waals surface area contributed by atoms with Gasteiger partial charge in [0.15, 0.2) is 0 Å². The normalized spacial score (nSPS) is 20.4. The lowest BCUT2D eigenvalue weighted by molar-refractivity contribution is -0.137. The second-order valence-electron chi connectivity index (χ2n) is 10.2. The van der Waals surface area contributed by atoms with Gasteiger partial charge in [-0.3, -0.25) is 4.79 Å². The molecule has 38 heavy (non-hydrogen) atoms. The van der Waals surface area contributed by atoms with Gasteiger partial charge in [0.25, 0.3) is 0 Å². The van der Waals surface area contributed by atoms with Crippen LogP contribution in [-0.4, -0.2) is 48.2 Å². The number of aliphatic carboxylic acids is 1. The number of aryl methyl sites for hydroxylation is 2. The van der Waals surface area contributed by atoms with Crippen LogP contribution in [0.25, 0.3) is 11.1 Å². The third-order valence-electron chi connectivity index (χ3n) is 7.20. The summed E-state index contributed by atoms with van der Waals surface area (Å²) in [4.78, 5) is 11.1. The Labute approximate surface area is 222 Å². The molecule has 2 aliphatic heterocycles. The van der Waals surface area contributed by atoms with Crippen LogP contribution in [0.5, 0.6) is 17.2 Å². The van der Waals surface area contributed by atoms with E-state index in [4.69, 9.17) is 24.1 Å². The lowest BCUT2D eigenvalue weighted by Crippen LogP contribution is -2.33. The van der Waals surface area contributed by atoms with E-state index in [2.05, 4.69) is 38.1 Å². The average molecular weight is 519 g/mol. The summed E-state index contributed by atoms with van der Waals surface area (Å²) in [5.74, 6) is 1.27. The molecule has 1 saturated heterocycles. The van der Waals surface area contributed by atoms with Crippen molar-refractivity contribution in [1.82, 2.24) is 0 Å². The van der Waals surface area contributed by atoms with Crippen molar-refractivity contribution in [1.29, 1.82) is 0 Å². The first-order valence-corrected chi connectivity index (χ1v) is 13.1. The minimum absolute atomic E-state index is 0.0128. The van der Waals surface area contributed by atoms with Gasteiger partial charge in [0.05, 0.1) is 31.8 Å². The summed E-state index contributed by atoms with van der Waals surface area (Å²) in [5, 5.41) is 18.7. The van der Waals surface area contributed by atoms with E-state index in [1.165, 1.54) is 5.56 Å². The molecule has 0 spiro atoms. The molecule has 0 aliphatic carbocycles. The van der Waals surface area contributed by atoms with E-state index in [1.807, 2.05) is 30.3 Å². The highest BCUT2D eigenvalue weighted by Gasteiger charge is 2.26. The van der Waals surface area contributed by atoms with Gasteiger partial charge in [-0.1, -0.05) is 24.3 Å². The first kappa shape index (κ1) is 26.1. The molecule has 7 nitrogen and oxygen atoms in total. The Morgan fingerprint density at radius 2 is 1.79 bits per heavy atom. The second-order valence-corrected chi connectivity index (χ2v) is 10.2. The van der Waals surface area contributed by atoms with E-state index in [9.17, 15) is 9.90 Å². The Hall–Kier alpha value is -3.55. The van der Waals surface area contributed by atoms with Crippen LogP contribution in [0.1, 0.15) is 47.4 Å². The van der Waals surface area contributed by atoms with E-state index in [1.54, 1.807) is 0 Å². The molecule has 0 aromatic heterocycles. The Kier molecular flexibility index (Phi) is 7.86. The van der Waals surface area contributed by atoms with Crippen LogP contribution in [0.2, 0.25) is 0 Å². The van der Waals surface area contributed by atoms with Gasteiger partial charge in [-0.15, -0.1) is 0 Å². The fraction of sp³-hybridized carbons (Fsp3) is 0.387. The van der Waals surface area contributed by atoms with Gasteiger partial charge in [0.1, 0.15) is 30.5 Å². The Balaban J connectivity index is 1.23. The van der Waals surface area contributed by atoms with Gasteiger partial charge in [-0.2, -0.15) is 0 Å². The average Bonchev–Trinajstić information content (AvgIpc) is 3.28. The van der Waals surface area contributed by atoms with E-state index in [0.29, 0.717) is 37.9 Å². The molecule has 2 aliphatic rings. The van der Waals surface area contributed by atoms with E-state index >= 15 is 0 Å². The summed E-state index contributed by atoms with van der Waals surface area (Å²) in [7, 11) is 0. The standard InChI is InChI=1S/C31H34O7/c1-19-10-27(37-18-26-7-6-24(32)17-36-26)11-20(2)31(19)22-5-3-4-21(12-22)15-35-25-8-9-28-23(13-30(33)34)16-38-29(28)14-25/h3-5,8-12,14,23-24,26,32H,6-7,13,15-18H2,1-2H3,(H,33,34). The third kappa shape index (κ3) is 6.11. The highest BCUT2D eigenvalue weighted by atomic mass is 16.5. The molecule has 5 rings (SSSR count). The molecule has 3 unspecified atom stereocenters. The van der Waals surface area contributed by atoms with Crippen LogP contribution < -0.4 is 14.2 Å². The van der Waals surface area contributed by atoms with Crippen molar-refractivity contribution in [2.45, 2.75) is 57.8 Å². The highest BCUT2D eigenvalue weighted by Crippen LogP contribution is 2.38. The molecule has 7 heteroatoms. The molecule has 1 fully saturated rings. The van der Waals surface area contributed by atoms with Crippen LogP contribution in [0.4, 0.5) is 0 Å². The largest absolute Gasteiger partial charge is 0.492 e. The van der Waals surface area contributed by atoms with E-state index in [-0.39, 0.29) is 24.5 Å². The maximum Gasteiger partial charge on any atom is 0.304 e. The maximum atomic E-state index is 11.1. The number of rotatable bonds is 9. The molecular weight excluding hydrogens is 484 g/mol.